The summed E-state index contributed by atoms with van der Waals surface area (Å²) in [5.74, 6) is 1.11. The molecule has 0 bridgehead atoms. The number of nitro benzene ring substituents is 1. The van der Waals surface area contributed by atoms with Crippen molar-refractivity contribution in [2.75, 3.05) is 12.9 Å². The number of hydrogen-bond donors (Lipinski definition) is 0. The molecule has 26 heavy (non-hydrogen) atoms. The van der Waals surface area contributed by atoms with E-state index in [2.05, 4.69) is 0 Å². The summed E-state index contributed by atoms with van der Waals surface area (Å²) in [4.78, 5) is 22.7. The van der Waals surface area contributed by atoms with Gasteiger partial charge in [0, 0.05) is 11.8 Å². The molecule has 0 radical (unpaired) electrons. The van der Waals surface area contributed by atoms with Gasteiger partial charge in [-0.1, -0.05) is 18.2 Å². The summed E-state index contributed by atoms with van der Waals surface area (Å²) in [5, 5.41) is 11.1. The summed E-state index contributed by atoms with van der Waals surface area (Å²) in [6.45, 7) is 5.80. The molecule has 0 saturated carbocycles. The molecular weight excluding hydrogens is 354 g/mol. The average molecular weight is 375 g/mol. The Bertz CT molecular complexity index is 835. The number of benzene rings is 2. The second kappa shape index (κ2) is 8.71. The highest BCUT2D eigenvalue weighted by Crippen LogP contribution is 2.29. The van der Waals surface area contributed by atoms with Crippen molar-refractivity contribution in [2.24, 2.45) is 0 Å². The third-order valence-corrected chi connectivity index (χ3v) is 5.00. The van der Waals surface area contributed by atoms with Crippen molar-refractivity contribution in [3.05, 3.63) is 62.7 Å². The maximum absolute atomic E-state index is 12.1. The molecule has 2 rings (SSSR count). The van der Waals surface area contributed by atoms with Gasteiger partial charge in [0.25, 0.3) is 0 Å². The first-order valence-electron chi connectivity index (χ1n) is 8.00. The van der Waals surface area contributed by atoms with Gasteiger partial charge in [-0.2, -0.15) is 0 Å². The number of esters is 1. The van der Waals surface area contributed by atoms with Crippen LogP contribution in [0.5, 0.6) is 11.5 Å². The SMILES string of the molecule is COc1ccc(CSCC(=O)Oc2c(C)ccc(C)c2C)cc1[N+](=O)[O-]. The molecule has 2 aromatic carbocycles. The number of thioether (sulfide) groups is 1. The summed E-state index contributed by atoms with van der Waals surface area (Å²) in [6, 6.07) is 8.69. The fourth-order valence-corrected chi connectivity index (χ4v) is 3.19. The molecule has 0 unspecified atom stereocenters. The first kappa shape index (κ1) is 19.8. The Balaban J connectivity index is 1.96. The van der Waals surface area contributed by atoms with E-state index in [1.54, 1.807) is 12.1 Å². The van der Waals surface area contributed by atoms with E-state index in [0.717, 1.165) is 22.3 Å². The minimum Gasteiger partial charge on any atom is -0.490 e. The predicted molar refractivity (Wildman–Crippen MR) is 102 cm³/mol. The highest BCUT2D eigenvalue weighted by atomic mass is 32.2. The van der Waals surface area contributed by atoms with Crippen LogP contribution in [0.15, 0.2) is 30.3 Å². The largest absolute Gasteiger partial charge is 0.490 e. The zero-order valence-electron chi connectivity index (χ0n) is 15.2. The molecule has 7 heteroatoms. The molecule has 0 N–H and O–H groups in total. The lowest BCUT2D eigenvalue weighted by molar-refractivity contribution is -0.385. The van der Waals surface area contributed by atoms with Crippen LogP contribution in [-0.4, -0.2) is 23.8 Å². The Kier molecular flexibility index (Phi) is 6.63. The number of ether oxygens (including phenoxy) is 2. The van der Waals surface area contributed by atoms with E-state index in [1.165, 1.54) is 24.9 Å². The zero-order valence-corrected chi connectivity index (χ0v) is 16.0. The van der Waals surface area contributed by atoms with Crippen molar-refractivity contribution in [3.63, 3.8) is 0 Å². The molecule has 0 atom stereocenters. The van der Waals surface area contributed by atoms with Crippen LogP contribution in [0.25, 0.3) is 0 Å². The third-order valence-electron chi connectivity index (χ3n) is 4.02. The van der Waals surface area contributed by atoms with Crippen molar-refractivity contribution < 1.29 is 19.2 Å². The van der Waals surface area contributed by atoms with Crippen molar-refractivity contribution >= 4 is 23.4 Å². The summed E-state index contributed by atoms with van der Waals surface area (Å²) in [7, 11) is 1.39. The van der Waals surface area contributed by atoms with Crippen molar-refractivity contribution in [2.45, 2.75) is 26.5 Å². The highest BCUT2D eigenvalue weighted by molar-refractivity contribution is 7.99. The fourth-order valence-electron chi connectivity index (χ4n) is 2.45. The number of carbonyl (C=O) groups is 1. The lowest BCUT2D eigenvalue weighted by atomic mass is 10.1. The summed E-state index contributed by atoms with van der Waals surface area (Å²) < 4.78 is 10.5. The van der Waals surface area contributed by atoms with E-state index in [0.29, 0.717) is 11.5 Å². The van der Waals surface area contributed by atoms with E-state index in [9.17, 15) is 14.9 Å². The Morgan fingerprint density at radius 2 is 1.85 bits per heavy atom. The molecule has 0 heterocycles. The van der Waals surface area contributed by atoms with Crippen LogP contribution < -0.4 is 9.47 Å². The quantitative estimate of drug-likeness (QED) is 0.309. The van der Waals surface area contributed by atoms with Gasteiger partial charge < -0.3 is 9.47 Å². The van der Waals surface area contributed by atoms with Gasteiger partial charge in [0.2, 0.25) is 0 Å². The Hall–Kier alpha value is -2.54. The molecule has 0 aromatic heterocycles. The van der Waals surface area contributed by atoms with Crippen LogP contribution in [0.3, 0.4) is 0 Å². The standard InChI is InChI=1S/C19H21NO5S/c1-12-5-6-13(2)19(14(12)3)25-18(21)11-26-10-15-7-8-17(24-4)16(9-15)20(22)23/h5-9H,10-11H2,1-4H3. The molecule has 138 valence electrons. The lowest BCUT2D eigenvalue weighted by Crippen LogP contribution is -2.13. The van der Waals surface area contributed by atoms with Crippen molar-refractivity contribution in [3.8, 4) is 11.5 Å². The van der Waals surface area contributed by atoms with Gasteiger partial charge in [0.15, 0.2) is 5.75 Å². The molecule has 0 aliphatic heterocycles. The molecule has 0 aliphatic rings. The average Bonchev–Trinajstić information content (AvgIpc) is 2.61. The monoisotopic (exact) mass is 375 g/mol. The van der Waals surface area contributed by atoms with Crippen LogP contribution in [0.2, 0.25) is 0 Å². The van der Waals surface area contributed by atoms with E-state index in [-0.39, 0.29) is 23.2 Å². The number of nitrogens with zero attached hydrogens (tertiary/aromatic N) is 1. The number of hydrogen-bond acceptors (Lipinski definition) is 6. The zero-order chi connectivity index (χ0) is 19.3. The molecule has 0 fully saturated rings. The van der Waals surface area contributed by atoms with E-state index in [4.69, 9.17) is 9.47 Å². The number of aryl methyl sites for hydroxylation is 2. The van der Waals surface area contributed by atoms with Gasteiger partial charge in [0.05, 0.1) is 17.8 Å². The van der Waals surface area contributed by atoms with Gasteiger partial charge in [0.1, 0.15) is 5.75 Å². The summed E-state index contributed by atoms with van der Waals surface area (Å²) in [5.41, 5.74) is 3.60. The van der Waals surface area contributed by atoms with Gasteiger partial charge in [-0.05, 0) is 49.1 Å². The molecule has 2 aromatic rings. The fraction of sp³-hybridized carbons (Fsp3) is 0.316. The van der Waals surface area contributed by atoms with E-state index < -0.39 is 4.92 Å². The maximum Gasteiger partial charge on any atom is 0.321 e. The van der Waals surface area contributed by atoms with Crippen LogP contribution in [0, 0.1) is 30.9 Å². The molecular formula is C19H21NO5S. The summed E-state index contributed by atoms with van der Waals surface area (Å²) >= 11 is 1.35. The van der Waals surface area contributed by atoms with Crippen LogP contribution in [-0.2, 0) is 10.5 Å². The van der Waals surface area contributed by atoms with Crippen molar-refractivity contribution in [1.29, 1.82) is 0 Å². The Labute approximate surface area is 156 Å². The lowest BCUT2D eigenvalue weighted by Gasteiger charge is -2.12. The number of carbonyl (C=O) groups excluding carboxylic acids is 1. The topological polar surface area (TPSA) is 78.7 Å². The van der Waals surface area contributed by atoms with Crippen LogP contribution in [0.1, 0.15) is 22.3 Å². The van der Waals surface area contributed by atoms with Gasteiger partial charge in [-0.15, -0.1) is 11.8 Å². The van der Waals surface area contributed by atoms with E-state index in [1.807, 2.05) is 32.9 Å². The maximum atomic E-state index is 12.1. The second-order valence-electron chi connectivity index (χ2n) is 5.88. The molecule has 0 aliphatic carbocycles. The van der Waals surface area contributed by atoms with Crippen LogP contribution >= 0.6 is 11.8 Å². The first-order valence-corrected chi connectivity index (χ1v) is 9.15. The second-order valence-corrected chi connectivity index (χ2v) is 6.87. The minimum atomic E-state index is -0.482. The normalized spacial score (nSPS) is 10.5. The molecule has 0 amide bonds. The first-order chi connectivity index (χ1) is 12.3. The number of rotatable bonds is 7. The minimum absolute atomic E-state index is 0.0841. The smallest absolute Gasteiger partial charge is 0.321 e. The number of nitro groups is 1. The highest BCUT2D eigenvalue weighted by Gasteiger charge is 2.16. The summed E-state index contributed by atoms with van der Waals surface area (Å²) in [6.07, 6.45) is 0. The predicted octanol–water partition coefficient (Wildman–Crippen LogP) is 4.37. The number of methoxy groups -OCH3 is 1. The third kappa shape index (κ3) is 4.76. The van der Waals surface area contributed by atoms with E-state index >= 15 is 0 Å². The van der Waals surface area contributed by atoms with Gasteiger partial charge in [-0.3, -0.25) is 14.9 Å². The van der Waals surface area contributed by atoms with Crippen LogP contribution in [0.4, 0.5) is 5.69 Å². The Morgan fingerprint density at radius 3 is 2.50 bits per heavy atom. The molecule has 0 spiro atoms. The van der Waals surface area contributed by atoms with Gasteiger partial charge in [-0.25, -0.2) is 0 Å². The van der Waals surface area contributed by atoms with Gasteiger partial charge >= 0.3 is 11.7 Å². The Morgan fingerprint density at radius 1 is 1.15 bits per heavy atom. The van der Waals surface area contributed by atoms with Crippen molar-refractivity contribution in [1.82, 2.24) is 0 Å². The molecule has 6 nitrogen and oxygen atoms in total. The molecule has 0 saturated heterocycles.